The summed E-state index contributed by atoms with van der Waals surface area (Å²) >= 11 is 5.42. The van der Waals surface area contributed by atoms with E-state index < -0.39 is 5.60 Å². The van der Waals surface area contributed by atoms with Crippen LogP contribution in [0.2, 0.25) is 0 Å². The number of ether oxygens (including phenoxy) is 1. The maximum absolute atomic E-state index is 10.8. The lowest BCUT2D eigenvalue weighted by molar-refractivity contribution is 0.0296. The van der Waals surface area contributed by atoms with E-state index in [0.717, 1.165) is 34.4 Å². The lowest BCUT2D eigenvalue weighted by Gasteiger charge is -2.38. The van der Waals surface area contributed by atoms with Gasteiger partial charge in [-0.3, -0.25) is 0 Å². The molecule has 1 N–H and O–H groups in total. The van der Waals surface area contributed by atoms with Crippen LogP contribution < -0.4 is 4.74 Å². The number of thioether (sulfide) groups is 1. The van der Waals surface area contributed by atoms with Gasteiger partial charge in [-0.05, 0) is 42.4 Å². The smallest absolute Gasteiger partial charge is 0.119 e. The van der Waals surface area contributed by atoms with Crippen LogP contribution >= 0.6 is 27.7 Å². The van der Waals surface area contributed by atoms with Gasteiger partial charge >= 0.3 is 0 Å². The van der Waals surface area contributed by atoms with Crippen molar-refractivity contribution >= 4 is 27.7 Å². The molecule has 0 aromatic heterocycles. The number of methoxy groups -OCH3 is 1. The zero-order valence-corrected chi connectivity index (χ0v) is 13.2. The lowest BCUT2D eigenvalue weighted by atomic mass is 9.87. The standard InChI is InChI=1S/C14H19BrO2S/c1-10-14(16,6-3-7-18-10)9-11-8-12(17-2)4-5-13(11)15/h4-5,8,10,16H,3,6-7,9H2,1-2H3. The molecule has 0 amide bonds. The van der Waals surface area contributed by atoms with Gasteiger partial charge in [0, 0.05) is 16.1 Å². The quantitative estimate of drug-likeness (QED) is 0.917. The van der Waals surface area contributed by atoms with Gasteiger partial charge < -0.3 is 9.84 Å². The van der Waals surface area contributed by atoms with E-state index in [9.17, 15) is 5.11 Å². The molecule has 1 saturated heterocycles. The van der Waals surface area contributed by atoms with Crippen molar-refractivity contribution in [3.63, 3.8) is 0 Å². The van der Waals surface area contributed by atoms with Crippen molar-refractivity contribution in [1.29, 1.82) is 0 Å². The summed E-state index contributed by atoms with van der Waals surface area (Å²) in [7, 11) is 1.67. The zero-order valence-electron chi connectivity index (χ0n) is 10.8. The van der Waals surface area contributed by atoms with Crippen LogP contribution in [0.15, 0.2) is 22.7 Å². The minimum atomic E-state index is -0.599. The molecule has 1 aliphatic rings. The molecule has 0 radical (unpaired) electrons. The van der Waals surface area contributed by atoms with E-state index in [2.05, 4.69) is 22.9 Å². The molecule has 18 heavy (non-hydrogen) atoms. The largest absolute Gasteiger partial charge is 0.497 e. The molecule has 0 aliphatic carbocycles. The molecule has 0 bridgehead atoms. The molecule has 0 spiro atoms. The molecular weight excluding hydrogens is 312 g/mol. The molecule has 100 valence electrons. The number of halogens is 1. The van der Waals surface area contributed by atoms with Crippen molar-refractivity contribution in [2.75, 3.05) is 12.9 Å². The molecule has 1 aromatic rings. The van der Waals surface area contributed by atoms with Crippen LogP contribution in [0.1, 0.15) is 25.3 Å². The third-order valence-corrected chi connectivity index (χ3v) is 5.86. The number of hydrogen-bond acceptors (Lipinski definition) is 3. The van der Waals surface area contributed by atoms with Gasteiger partial charge in [0.05, 0.1) is 12.7 Å². The Bertz CT molecular complexity index is 424. The molecule has 2 atom stereocenters. The fourth-order valence-corrected chi connectivity index (χ4v) is 3.94. The average molecular weight is 331 g/mol. The highest BCUT2D eigenvalue weighted by Gasteiger charge is 2.37. The van der Waals surface area contributed by atoms with Crippen LogP contribution in [0.25, 0.3) is 0 Å². The van der Waals surface area contributed by atoms with Crippen molar-refractivity contribution in [3.8, 4) is 5.75 Å². The van der Waals surface area contributed by atoms with Crippen LogP contribution in [0.3, 0.4) is 0 Å². The molecule has 2 rings (SSSR count). The minimum absolute atomic E-state index is 0.282. The third-order valence-electron chi connectivity index (χ3n) is 3.63. The highest BCUT2D eigenvalue weighted by Crippen LogP contribution is 2.38. The fourth-order valence-electron chi connectivity index (χ4n) is 2.37. The molecule has 1 aliphatic heterocycles. The van der Waals surface area contributed by atoms with E-state index in [4.69, 9.17) is 4.74 Å². The fraction of sp³-hybridized carbons (Fsp3) is 0.571. The topological polar surface area (TPSA) is 29.5 Å². The molecular formula is C14H19BrO2S. The molecule has 4 heteroatoms. The van der Waals surface area contributed by atoms with Crippen molar-refractivity contribution in [2.45, 2.75) is 37.0 Å². The summed E-state index contributed by atoms with van der Waals surface area (Å²) in [6.07, 6.45) is 2.65. The van der Waals surface area contributed by atoms with E-state index in [1.54, 1.807) is 7.11 Å². The van der Waals surface area contributed by atoms with Crippen LogP contribution in [0, 0.1) is 0 Å². The number of rotatable bonds is 3. The Hall–Kier alpha value is -0.190. The van der Waals surface area contributed by atoms with Gasteiger partial charge in [0.15, 0.2) is 0 Å². The summed E-state index contributed by atoms with van der Waals surface area (Å²) in [5, 5.41) is 11.1. The second kappa shape index (κ2) is 5.85. The summed E-state index contributed by atoms with van der Waals surface area (Å²) in [4.78, 5) is 0. The first-order valence-electron chi connectivity index (χ1n) is 6.21. The molecule has 2 nitrogen and oxygen atoms in total. The van der Waals surface area contributed by atoms with Gasteiger partial charge in [-0.15, -0.1) is 0 Å². The average Bonchev–Trinajstić information content (AvgIpc) is 2.36. The van der Waals surface area contributed by atoms with E-state index in [1.807, 2.05) is 30.0 Å². The Labute approximate surface area is 121 Å². The zero-order chi connectivity index (χ0) is 13.2. The molecule has 1 fully saturated rings. The Kier molecular flexibility index (Phi) is 4.62. The monoisotopic (exact) mass is 330 g/mol. The third kappa shape index (κ3) is 3.03. The van der Waals surface area contributed by atoms with E-state index in [0.29, 0.717) is 6.42 Å². The van der Waals surface area contributed by atoms with E-state index >= 15 is 0 Å². The normalized spacial score (nSPS) is 28.1. The molecule has 1 heterocycles. The van der Waals surface area contributed by atoms with Gasteiger partial charge in [0.25, 0.3) is 0 Å². The van der Waals surface area contributed by atoms with Crippen LogP contribution in [0.5, 0.6) is 5.75 Å². The highest BCUT2D eigenvalue weighted by atomic mass is 79.9. The maximum atomic E-state index is 10.8. The summed E-state index contributed by atoms with van der Waals surface area (Å²) in [6, 6.07) is 5.92. The summed E-state index contributed by atoms with van der Waals surface area (Å²) in [5.74, 6) is 2.00. The number of benzene rings is 1. The first-order chi connectivity index (χ1) is 8.55. The summed E-state index contributed by atoms with van der Waals surface area (Å²) < 4.78 is 6.29. The summed E-state index contributed by atoms with van der Waals surface area (Å²) in [6.45, 7) is 2.12. The van der Waals surface area contributed by atoms with Crippen molar-refractivity contribution in [1.82, 2.24) is 0 Å². The van der Waals surface area contributed by atoms with Crippen molar-refractivity contribution in [2.24, 2.45) is 0 Å². The minimum Gasteiger partial charge on any atom is -0.497 e. The number of hydrogen-bond donors (Lipinski definition) is 1. The summed E-state index contributed by atoms with van der Waals surface area (Å²) in [5.41, 5.74) is 0.517. The number of aliphatic hydroxyl groups is 1. The van der Waals surface area contributed by atoms with Crippen molar-refractivity contribution < 1.29 is 9.84 Å². The van der Waals surface area contributed by atoms with Crippen LogP contribution in [0.4, 0.5) is 0 Å². The van der Waals surface area contributed by atoms with Gasteiger partial charge in [-0.2, -0.15) is 11.8 Å². The predicted molar refractivity (Wildman–Crippen MR) is 80.5 cm³/mol. The Morgan fingerprint density at radius 3 is 3.00 bits per heavy atom. The molecule has 0 saturated carbocycles. The SMILES string of the molecule is COc1ccc(Br)c(CC2(O)CCCSC2C)c1. The highest BCUT2D eigenvalue weighted by molar-refractivity contribution is 9.10. The first-order valence-corrected chi connectivity index (χ1v) is 8.06. The van der Waals surface area contributed by atoms with E-state index in [1.165, 1.54) is 0 Å². The van der Waals surface area contributed by atoms with E-state index in [-0.39, 0.29) is 5.25 Å². The Morgan fingerprint density at radius 2 is 2.33 bits per heavy atom. The Balaban J connectivity index is 2.21. The van der Waals surface area contributed by atoms with Crippen molar-refractivity contribution in [3.05, 3.63) is 28.2 Å². The van der Waals surface area contributed by atoms with Gasteiger partial charge in [0.1, 0.15) is 5.75 Å². The maximum Gasteiger partial charge on any atom is 0.119 e. The van der Waals surface area contributed by atoms with Gasteiger partial charge in [0.2, 0.25) is 0 Å². The van der Waals surface area contributed by atoms with Crippen LogP contribution in [-0.4, -0.2) is 28.8 Å². The predicted octanol–water partition coefficient (Wildman–Crippen LogP) is 3.65. The Morgan fingerprint density at radius 1 is 1.56 bits per heavy atom. The first kappa shape index (κ1) is 14.2. The second-order valence-electron chi connectivity index (χ2n) is 4.85. The molecule has 2 unspecified atom stereocenters. The lowest BCUT2D eigenvalue weighted by Crippen LogP contribution is -2.43. The van der Waals surface area contributed by atoms with Crippen LogP contribution in [-0.2, 0) is 6.42 Å². The second-order valence-corrected chi connectivity index (χ2v) is 7.16. The van der Waals surface area contributed by atoms with Gasteiger partial charge in [-0.1, -0.05) is 22.9 Å². The molecule has 1 aromatic carbocycles. The van der Waals surface area contributed by atoms with Gasteiger partial charge in [-0.25, -0.2) is 0 Å².